The van der Waals surface area contributed by atoms with Crippen LogP contribution in [0.5, 0.6) is 17.2 Å². The molecule has 2 aliphatic rings. The van der Waals surface area contributed by atoms with Crippen LogP contribution >= 0.6 is 0 Å². The lowest BCUT2D eigenvalue weighted by Gasteiger charge is -2.34. The van der Waals surface area contributed by atoms with Gasteiger partial charge in [0.1, 0.15) is 22.8 Å². The minimum absolute atomic E-state index is 0.0564. The fourth-order valence-electron chi connectivity index (χ4n) is 3.78. The summed E-state index contributed by atoms with van der Waals surface area (Å²) in [5, 5.41) is 2.87. The number of benzene rings is 2. The Balaban J connectivity index is 1.48. The molecule has 2 aliphatic heterocycles. The lowest BCUT2D eigenvalue weighted by Crippen LogP contribution is -2.46. The summed E-state index contributed by atoms with van der Waals surface area (Å²) in [6.07, 6.45) is 0.889. The Hall–Kier alpha value is -3.22. The SMILES string of the molecule is COc1ccc(NC(=O)N2CCC3(CC(=O)c4ccccc4O3)C2)c(OC)c1. The van der Waals surface area contributed by atoms with Gasteiger partial charge in [-0.3, -0.25) is 4.79 Å². The number of ether oxygens (including phenoxy) is 3. The Bertz CT molecular complexity index is 929. The molecule has 0 saturated carbocycles. The summed E-state index contributed by atoms with van der Waals surface area (Å²) >= 11 is 0. The molecule has 0 aromatic heterocycles. The van der Waals surface area contributed by atoms with Crippen LogP contribution in [-0.2, 0) is 0 Å². The van der Waals surface area contributed by atoms with Crippen LogP contribution in [-0.4, -0.2) is 49.6 Å². The number of methoxy groups -OCH3 is 2. The van der Waals surface area contributed by atoms with Gasteiger partial charge in [-0.1, -0.05) is 12.1 Å². The zero-order valence-electron chi connectivity index (χ0n) is 15.9. The average Bonchev–Trinajstić information content (AvgIpc) is 3.11. The molecule has 2 heterocycles. The maximum atomic E-state index is 12.8. The second-order valence-electron chi connectivity index (χ2n) is 7.05. The lowest BCUT2D eigenvalue weighted by atomic mass is 9.89. The van der Waals surface area contributed by atoms with Crippen LogP contribution in [0.3, 0.4) is 0 Å². The van der Waals surface area contributed by atoms with Gasteiger partial charge in [-0.05, 0) is 24.3 Å². The summed E-state index contributed by atoms with van der Waals surface area (Å²) in [6.45, 7) is 0.872. The van der Waals surface area contributed by atoms with E-state index in [0.29, 0.717) is 48.0 Å². The molecule has 1 unspecified atom stereocenters. The van der Waals surface area contributed by atoms with Crippen molar-refractivity contribution >= 4 is 17.5 Å². The van der Waals surface area contributed by atoms with Gasteiger partial charge in [0.25, 0.3) is 0 Å². The Morgan fingerprint density at radius 2 is 2.00 bits per heavy atom. The molecule has 1 fully saturated rings. The highest BCUT2D eigenvalue weighted by Crippen LogP contribution is 2.39. The topological polar surface area (TPSA) is 77.1 Å². The van der Waals surface area contributed by atoms with Crippen molar-refractivity contribution in [2.24, 2.45) is 0 Å². The van der Waals surface area contributed by atoms with E-state index in [4.69, 9.17) is 14.2 Å². The quantitative estimate of drug-likeness (QED) is 0.881. The summed E-state index contributed by atoms with van der Waals surface area (Å²) in [4.78, 5) is 27.0. The number of nitrogens with one attached hydrogen (secondary N) is 1. The number of fused-ring (bicyclic) bond motifs is 1. The molecule has 2 aromatic carbocycles. The Kier molecular flexibility index (Phi) is 4.58. The first kappa shape index (κ1) is 18.2. The van der Waals surface area contributed by atoms with Gasteiger partial charge in [-0.2, -0.15) is 0 Å². The van der Waals surface area contributed by atoms with Crippen LogP contribution in [0, 0.1) is 0 Å². The number of para-hydroxylation sites is 1. The van der Waals surface area contributed by atoms with Crippen molar-refractivity contribution in [3.05, 3.63) is 48.0 Å². The van der Waals surface area contributed by atoms with E-state index in [1.54, 1.807) is 42.3 Å². The van der Waals surface area contributed by atoms with Gasteiger partial charge >= 0.3 is 6.03 Å². The third-order valence-corrected chi connectivity index (χ3v) is 5.25. The highest BCUT2D eigenvalue weighted by atomic mass is 16.5. The number of rotatable bonds is 3. The maximum absolute atomic E-state index is 12.8. The van der Waals surface area contributed by atoms with Crippen LogP contribution in [0.4, 0.5) is 10.5 Å². The van der Waals surface area contributed by atoms with E-state index < -0.39 is 5.60 Å². The van der Waals surface area contributed by atoms with Gasteiger partial charge in [-0.25, -0.2) is 4.79 Å². The van der Waals surface area contributed by atoms with Gasteiger partial charge in [0.2, 0.25) is 0 Å². The molecule has 1 spiro atoms. The lowest BCUT2D eigenvalue weighted by molar-refractivity contribution is 0.0482. The monoisotopic (exact) mass is 382 g/mol. The van der Waals surface area contributed by atoms with E-state index in [9.17, 15) is 9.59 Å². The number of carbonyl (C=O) groups is 2. The minimum atomic E-state index is -0.660. The number of likely N-dealkylation sites (tertiary alicyclic amines) is 1. The predicted molar refractivity (Wildman–Crippen MR) is 104 cm³/mol. The number of hydrogen-bond acceptors (Lipinski definition) is 5. The maximum Gasteiger partial charge on any atom is 0.322 e. The Morgan fingerprint density at radius 1 is 1.18 bits per heavy atom. The summed E-state index contributed by atoms with van der Waals surface area (Å²) < 4.78 is 16.7. The van der Waals surface area contributed by atoms with Crippen LogP contribution in [0.25, 0.3) is 0 Å². The zero-order valence-corrected chi connectivity index (χ0v) is 15.9. The summed E-state index contributed by atoms with van der Waals surface area (Å²) in [7, 11) is 3.11. The fraction of sp³-hybridized carbons (Fsp3) is 0.333. The molecule has 1 saturated heterocycles. The second kappa shape index (κ2) is 7.07. The molecular weight excluding hydrogens is 360 g/mol. The number of ketones is 1. The Morgan fingerprint density at radius 3 is 2.79 bits per heavy atom. The van der Waals surface area contributed by atoms with E-state index in [1.807, 2.05) is 12.1 Å². The van der Waals surface area contributed by atoms with Crippen LogP contribution in [0.1, 0.15) is 23.2 Å². The Labute approximate surface area is 163 Å². The van der Waals surface area contributed by atoms with Crippen molar-refractivity contribution in [3.63, 3.8) is 0 Å². The van der Waals surface area contributed by atoms with Gasteiger partial charge in [-0.15, -0.1) is 0 Å². The molecule has 2 aromatic rings. The minimum Gasteiger partial charge on any atom is -0.497 e. The van der Waals surface area contributed by atoms with Crippen molar-refractivity contribution < 1.29 is 23.8 Å². The van der Waals surface area contributed by atoms with Gasteiger partial charge in [0.05, 0.1) is 38.4 Å². The number of urea groups is 1. The van der Waals surface area contributed by atoms with E-state index >= 15 is 0 Å². The third-order valence-electron chi connectivity index (χ3n) is 5.25. The van der Waals surface area contributed by atoms with Crippen molar-refractivity contribution in [3.8, 4) is 17.2 Å². The van der Waals surface area contributed by atoms with Crippen molar-refractivity contribution in [1.29, 1.82) is 0 Å². The molecule has 7 heteroatoms. The van der Waals surface area contributed by atoms with Crippen molar-refractivity contribution in [2.45, 2.75) is 18.4 Å². The number of carbonyl (C=O) groups excluding carboxylic acids is 2. The van der Waals surface area contributed by atoms with E-state index in [-0.39, 0.29) is 18.2 Å². The first-order valence-electron chi connectivity index (χ1n) is 9.13. The molecule has 28 heavy (non-hydrogen) atoms. The molecule has 2 amide bonds. The normalized spacial score (nSPS) is 20.5. The third kappa shape index (κ3) is 3.24. The fourth-order valence-corrected chi connectivity index (χ4v) is 3.78. The first-order chi connectivity index (χ1) is 13.5. The number of hydrogen-bond donors (Lipinski definition) is 1. The molecule has 1 atom stereocenters. The summed E-state index contributed by atoms with van der Waals surface area (Å²) in [5.74, 6) is 1.81. The number of amides is 2. The largest absolute Gasteiger partial charge is 0.497 e. The molecule has 0 bridgehead atoms. The number of nitrogens with zero attached hydrogens (tertiary/aromatic N) is 1. The summed E-state index contributed by atoms with van der Waals surface area (Å²) in [5.41, 5.74) is 0.506. The highest BCUT2D eigenvalue weighted by molar-refractivity contribution is 6.00. The molecule has 1 N–H and O–H groups in total. The van der Waals surface area contributed by atoms with Gasteiger partial charge in [0, 0.05) is 19.0 Å². The molecule has 4 rings (SSSR count). The van der Waals surface area contributed by atoms with Crippen molar-refractivity contribution in [1.82, 2.24) is 4.90 Å². The zero-order chi connectivity index (χ0) is 19.7. The molecule has 0 radical (unpaired) electrons. The van der Waals surface area contributed by atoms with Crippen LogP contribution in [0.15, 0.2) is 42.5 Å². The smallest absolute Gasteiger partial charge is 0.322 e. The number of anilines is 1. The molecular formula is C21H22N2O5. The molecule has 7 nitrogen and oxygen atoms in total. The second-order valence-corrected chi connectivity index (χ2v) is 7.05. The van der Waals surface area contributed by atoms with E-state index in [1.165, 1.54) is 7.11 Å². The predicted octanol–water partition coefficient (Wildman–Crippen LogP) is 3.35. The number of Topliss-reactive ketones (excluding diaryl/α,β-unsaturated/α-hetero) is 1. The van der Waals surface area contributed by atoms with Crippen molar-refractivity contribution in [2.75, 3.05) is 32.6 Å². The summed E-state index contributed by atoms with van der Waals surface area (Å²) in [6, 6.07) is 12.2. The van der Waals surface area contributed by atoms with E-state index in [0.717, 1.165) is 0 Å². The van der Waals surface area contributed by atoms with Gasteiger partial charge in [0.15, 0.2) is 5.78 Å². The van der Waals surface area contributed by atoms with Crippen LogP contribution < -0.4 is 19.5 Å². The van der Waals surface area contributed by atoms with E-state index in [2.05, 4.69) is 5.32 Å². The standard InChI is InChI=1S/C21H22N2O5/c1-26-14-7-8-16(19(11-14)27-2)22-20(25)23-10-9-21(13-23)12-17(24)15-5-3-4-6-18(15)28-21/h3-8,11H,9-10,12-13H2,1-2H3,(H,22,25). The van der Waals surface area contributed by atoms with Gasteiger partial charge < -0.3 is 24.4 Å². The first-order valence-corrected chi connectivity index (χ1v) is 9.13. The average molecular weight is 382 g/mol. The van der Waals surface area contributed by atoms with Crippen LogP contribution in [0.2, 0.25) is 0 Å². The highest BCUT2D eigenvalue weighted by Gasteiger charge is 2.47. The molecule has 0 aliphatic carbocycles. The molecule has 146 valence electrons.